The summed E-state index contributed by atoms with van der Waals surface area (Å²) in [7, 11) is 1.74. The number of hydrogen-bond donors (Lipinski definition) is 2. The number of halogens is 1. The summed E-state index contributed by atoms with van der Waals surface area (Å²) < 4.78 is 15.4. The number of nitrogens with zero attached hydrogens (tertiary/aromatic N) is 3. The first-order valence-electron chi connectivity index (χ1n) is 9.47. The van der Waals surface area contributed by atoms with Crippen molar-refractivity contribution < 1.29 is 4.39 Å². The minimum Gasteiger partial charge on any atom is -0.356 e. The zero-order valence-corrected chi connectivity index (χ0v) is 16.1. The zero-order chi connectivity index (χ0) is 19.6. The Balaban J connectivity index is 1.43. The molecule has 3 rings (SSSR count). The minimum atomic E-state index is -0.203. The molecule has 0 amide bonds. The molecule has 0 radical (unpaired) electrons. The Morgan fingerprint density at radius 2 is 1.75 bits per heavy atom. The van der Waals surface area contributed by atoms with E-state index in [1.54, 1.807) is 19.2 Å². The number of aliphatic imine (C=N–C) groups is 1. The summed E-state index contributed by atoms with van der Waals surface area (Å²) in [5.74, 6) is 1.56. The van der Waals surface area contributed by atoms with Gasteiger partial charge in [-0.3, -0.25) is 4.99 Å². The maximum absolute atomic E-state index is 13.2. The van der Waals surface area contributed by atoms with Gasteiger partial charge in [0.25, 0.3) is 0 Å². The van der Waals surface area contributed by atoms with E-state index in [9.17, 15) is 4.39 Å². The van der Waals surface area contributed by atoms with Gasteiger partial charge in [0.05, 0.1) is 0 Å². The molecule has 0 saturated carbocycles. The minimum absolute atomic E-state index is 0.203. The van der Waals surface area contributed by atoms with Crippen molar-refractivity contribution in [2.24, 2.45) is 4.99 Å². The maximum Gasteiger partial charge on any atom is 0.191 e. The van der Waals surface area contributed by atoms with Gasteiger partial charge in [-0.2, -0.15) is 0 Å². The molecule has 0 bridgehead atoms. The van der Waals surface area contributed by atoms with Crippen molar-refractivity contribution in [3.05, 3.63) is 89.8 Å². The quantitative estimate of drug-likeness (QED) is 0.467. The summed E-state index contributed by atoms with van der Waals surface area (Å²) in [6.45, 7) is 2.23. The largest absolute Gasteiger partial charge is 0.356 e. The molecule has 0 unspecified atom stereocenters. The summed E-state index contributed by atoms with van der Waals surface area (Å²) in [5.41, 5.74) is 2.22. The average Bonchev–Trinajstić information content (AvgIpc) is 3.14. The number of guanidine groups is 1. The summed E-state index contributed by atoms with van der Waals surface area (Å²) in [6, 6.07) is 17.0. The number of aromatic nitrogens is 2. The molecular formula is C22H26FN5. The van der Waals surface area contributed by atoms with E-state index in [4.69, 9.17) is 0 Å². The van der Waals surface area contributed by atoms with Gasteiger partial charge in [0.2, 0.25) is 0 Å². The van der Waals surface area contributed by atoms with Crippen LogP contribution in [0.4, 0.5) is 4.39 Å². The third kappa shape index (κ3) is 5.94. The SMILES string of the molecule is CN=C(NCCc1cccc(F)c1)NCCc1nccn1Cc1ccccc1. The standard InChI is InChI=1S/C22H26FN5/c1-24-22(26-12-10-18-8-5-9-20(23)16-18)27-13-11-21-25-14-15-28(21)17-19-6-3-2-4-7-19/h2-9,14-16H,10-13,17H2,1H3,(H2,24,26,27). The Morgan fingerprint density at radius 3 is 2.50 bits per heavy atom. The molecule has 0 aliphatic carbocycles. The molecule has 0 spiro atoms. The zero-order valence-electron chi connectivity index (χ0n) is 16.1. The average molecular weight is 379 g/mol. The fourth-order valence-electron chi connectivity index (χ4n) is 3.02. The van der Waals surface area contributed by atoms with Crippen LogP contribution in [-0.2, 0) is 19.4 Å². The normalized spacial score (nSPS) is 11.4. The van der Waals surface area contributed by atoms with Crippen LogP contribution < -0.4 is 10.6 Å². The Labute approximate surface area is 165 Å². The van der Waals surface area contributed by atoms with Gasteiger partial charge in [0, 0.05) is 45.5 Å². The summed E-state index contributed by atoms with van der Waals surface area (Å²) in [6.07, 6.45) is 5.38. The molecule has 6 heteroatoms. The highest BCUT2D eigenvalue weighted by Gasteiger charge is 2.05. The first kappa shape index (κ1) is 19.6. The fraction of sp³-hybridized carbons (Fsp3) is 0.273. The molecule has 0 saturated heterocycles. The molecular weight excluding hydrogens is 353 g/mol. The molecule has 0 atom stereocenters. The highest BCUT2D eigenvalue weighted by atomic mass is 19.1. The molecule has 0 aliphatic rings. The van der Waals surface area contributed by atoms with Gasteiger partial charge in [-0.25, -0.2) is 9.37 Å². The number of benzene rings is 2. The van der Waals surface area contributed by atoms with Gasteiger partial charge in [-0.1, -0.05) is 42.5 Å². The van der Waals surface area contributed by atoms with Gasteiger partial charge >= 0.3 is 0 Å². The number of nitrogens with one attached hydrogen (secondary N) is 2. The molecule has 1 heterocycles. The van der Waals surface area contributed by atoms with E-state index in [2.05, 4.69) is 37.3 Å². The van der Waals surface area contributed by atoms with Crippen molar-refractivity contribution in [3.63, 3.8) is 0 Å². The van der Waals surface area contributed by atoms with Gasteiger partial charge < -0.3 is 15.2 Å². The van der Waals surface area contributed by atoms with Crippen LogP contribution in [0.5, 0.6) is 0 Å². The van der Waals surface area contributed by atoms with Crippen LogP contribution in [0.3, 0.4) is 0 Å². The number of imidazole rings is 1. The Hall–Kier alpha value is -3.15. The summed E-state index contributed by atoms with van der Waals surface area (Å²) >= 11 is 0. The summed E-state index contributed by atoms with van der Waals surface area (Å²) in [5, 5.41) is 6.57. The lowest BCUT2D eigenvalue weighted by Gasteiger charge is -2.13. The van der Waals surface area contributed by atoms with Crippen molar-refractivity contribution in [1.82, 2.24) is 20.2 Å². The van der Waals surface area contributed by atoms with Crippen LogP contribution in [0, 0.1) is 5.82 Å². The van der Waals surface area contributed by atoms with Crippen molar-refractivity contribution in [3.8, 4) is 0 Å². The van der Waals surface area contributed by atoms with Gasteiger partial charge in [-0.05, 0) is 29.7 Å². The van der Waals surface area contributed by atoms with E-state index in [-0.39, 0.29) is 5.82 Å². The number of hydrogen-bond acceptors (Lipinski definition) is 2. The third-order valence-corrected chi connectivity index (χ3v) is 4.46. The van der Waals surface area contributed by atoms with E-state index in [0.717, 1.165) is 43.3 Å². The molecule has 0 fully saturated rings. The van der Waals surface area contributed by atoms with E-state index in [1.165, 1.54) is 11.6 Å². The predicted molar refractivity (Wildman–Crippen MR) is 111 cm³/mol. The molecule has 2 aromatic carbocycles. The summed E-state index contributed by atoms with van der Waals surface area (Å²) in [4.78, 5) is 8.71. The van der Waals surface area contributed by atoms with Crippen molar-refractivity contribution in [1.29, 1.82) is 0 Å². The molecule has 146 valence electrons. The lowest BCUT2D eigenvalue weighted by molar-refractivity contribution is 0.625. The first-order chi connectivity index (χ1) is 13.7. The fourth-order valence-corrected chi connectivity index (χ4v) is 3.02. The van der Waals surface area contributed by atoms with E-state index in [1.807, 2.05) is 36.7 Å². The molecule has 3 aromatic rings. The second kappa shape index (κ2) is 10.3. The molecule has 0 aliphatic heterocycles. The second-order valence-electron chi connectivity index (χ2n) is 6.51. The van der Waals surface area contributed by atoms with Crippen molar-refractivity contribution in [2.75, 3.05) is 20.1 Å². The first-order valence-corrected chi connectivity index (χ1v) is 9.47. The van der Waals surface area contributed by atoms with Gasteiger partial charge in [0.15, 0.2) is 5.96 Å². The van der Waals surface area contributed by atoms with Crippen LogP contribution in [0.15, 0.2) is 72.0 Å². The lowest BCUT2D eigenvalue weighted by atomic mass is 10.1. The monoisotopic (exact) mass is 379 g/mol. The van der Waals surface area contributed by atoms with E-state index in [0.29, 0.717) is 6.54 Å². The van der Waals surface area contributed by atoms with Crippen molar-refractivity contribution in [2.45, 2.75) is 19.4 Å². The topological polar surface area (TPSA) is 54.2 Å². The third-order valence-electron chi connectivity index (χ3n) is 4.46. The van der Waals surface area contributed by atoms with Crippen molar-refractivity contribution >= 4 is 5.96 Å². The Morgan fingerprint density at radius 1 is 1.00 bits per heavy atom. The molecule has 1 aromatic heterocycles. The van der Waals surface area contributed by atoms with Gasteiger partial charge in [-0.15, -0.1) is 0 Å². The number of rotatable bonds is 8. The lowest BCUT2D eigenvalue weighted by Crippen LogP contribution is -2.39. The molecule has 28 heavy (non-hydrogen) atoms. The van der Waals surface area contributed by atoms with E-state index >= 15 is 0 Å². The Kier molecular flexibility index (Phi) is 7.18. The van der Waals surface area contributed by atoms with Crippen LogP contribution in [0.25, 0.3) is 0 Å². The van der Waals surface area contributed by atoms with E-state index < -0.39 is 0 Å². The smallest absolute Gasteiger partial charge is 0.191 e. The van der Waals surface area contributed by atoms with Crippen LogP contribution in [0.1, 0.15) is 17.0 Å². The predicted octanol–water partition coefficient (Wildman–Crippen LogP) is 3.02. The maximum atomic E-state index is 13.2. The van der Waals surface area contributed by atoms with Crippen LogP contribution in [-0.4, -0.2) is 35.6 Å². The molecule has 2 N–H and O–H groups in total. The van der Waals surface area contributed by atoms with Crippen LogP contribution in [0.2, 0.25) is 0 Å². The highest BCUT2D eigenvalue weighted by molar-refractivity contribution is 5.79. The van der Waals surface area contributed by atoms with Gasteiger partial charge in [0.1, 0.15) is 11.6 Å². The highest BCUT2D eigenvalue weighted by Crippen LogP contribution is 2.06. The Bertz CT molecular complexity index is 889. The molecule has 5 nitrogen and oxygen atoms in total. The second-order valence-corrected chi connectivity index (χ2v) is 6.51. The van der Waals surface area contributed by atoms with Crippen LogP contribution >= 0.6 is 0 Å².